The highest BCUT2D eigenvalue weighted by Gasteiger charge is 2.61. The van der Waals surface area contributed by atoms with Gasteiger partial charge in [0.05, 0.1) is 12.5 Å². The smallest absolute Gasteiger partial charge is 0.228 e. The van der Waals surface area contributed by atoms with Gasteiger partial charge in [-0.25, -0.2) is 4.39 Å². The molecular formula is C12H14FNO3. The maximum atomic E-state index is 13.3. The van der Waals surface area contributed by atoms with E-state index in [-0.39, 0.29) is 12.5 Å². The molecule has 0 radical (unpaired) electrons. The van der Waals surface area contributed by atoms with E-state index in [1.165, 1.54) is 25.3 Å². The van der Waals surface area contributed by atoms with Crippen LogP contribution in [0.25, 0.3) is 0 Å². The van der Waals surface area contributed by atoms with E-state index in [2.05, 4.69) is 0 Å². The van der Waals surface area contributed by atoms with Gasteiger partial charge in [-0.15, -0.1) is 0 Å². The predicted octanol–water partition coefficient (Wildman–Crippen LogP) is 0.570. The molecule has 2 atom stereocenters. The van der Waals surface area contributed by atoms with E-state index in [1.54, 1.807) is 0 Å². The minimum atomic E-state index is -0.984. The summed E-state index contributed by atoms with van der Waals surface area (Å²) in [5.41, 5.74) is 4.82. The number of benzene rings is 1. The van der Waals surface area contributed by atoms with Crippen LogP contribution in [0.3, 0.4) is 0 Å². The number of methoxy groups -OCH3 is 1. The number of aliphatic hydroxyl groups is 1. The molecule has 5 heteroatoms. The zero-order chi connectivity index (χ0) is 12.6. The van der Waals surface area contributed by atoms with Gasteiger partial charge in [0.25, 0.3) is 0 Å². The van der Waals surface area contributed by atoms with Crippen molar-refractivity contribution in [3.05, 3.63) is 29.6 Å². The highest BCUT2D eigenvalue weighted by atomic mass is 19.1. The molecule has 1 saturated carbocycles. The van der Waals surface area contributed by atoms with Crippen LogP contribution in [0, 0.1) is 11.7 Å². The summed E-state index contributed by atoms with van der Waals surface area (Å²) < 4.78 is 18.4. The number of primary amides is 1. The minimum absolute atomic E-state index is 0.150. The third-order valence-electron chi connectivity index (χ3n) is 3.41. The summed E-state index contributed by atoms with van der Waals surface area (Å²) in [4.78, 5) is 11.6. The lowest BCUT2D eigenvalue weighted by Gasteiger charge is -2.17. The molecule has 1 fully saturated rings. The fraction of sp³-hybridized carbons (Fsp3) is 0.417. The highest BCUT2D eigenvalue weighted by Crippen LogP contribution is 2.56. The monoisotopic (exact) mass is 239 g/mol. The molecular weight excluding hydrogens is 225 g/mol. The number of amides is 1. The zero-order valence-electron chi connectivity index (χ0n) is 9.44. The van der Waals surface area contributed by atoms with Gasteiger partial charge in [0, 0.05) is 18.1 Å². The van der Waals surface area contributed by atoms with Crippen LogP contribution in [0.15, 0.2) is 18.2 Å². The van der Waals surface area contributed by atoms with Crippen LogP contribution in [0.4, 0.5) is 4.39 Å². The number of carbonyl (C=O) groups is 1. The van der Waals surface area contributed by atoms with Gasteiger partial charge in [0.1, 0.15) is 11.6 Å². The van der Waals surface area contributed by atoms with Gasteiger partial charge in [0.2, 0.25) is 5.91 Å². The molecule has 92 valence electrons. The van der Waals surface area contributed by atoms with Crippen molar-refractivity contribution in [2.24, 2.45) is 11.7 Å². The first-order chi connectivity index (χ1) is 8.06. The summed E-state index contributed by atoms with van der Waals surface area (Å²) >= 11 is 0. The summed E-state index contributed by atoms with van der Waals surface area (Å²) in [5.74, 6) is -0.845. The Kier molecular flexibility index (Phi) is 2.79. The van der Waals surface area contributed by atoms with E-state index < -0.39 is 17.1 Å². The van der Waals surface area contributed by atoms with Crippen molar-refractivity contribution in [2.75, 3.05) is 13.7 Å². The van der Waals surface area contributed by atoms with E-state index in [4.69, 9.17) is 15.6 Å². The molecule has 0 aliphatic heterocycles. The molecule has 0 aromatic heterocycles. The molecule has 0 saturated heterocycles. The van der Waals surface area contributed by atoms with E-state index in [1.807, 2.05) is 0 Å². The Balaban J connectivity index is 2.52. The van der Waals surface area contributed by atoms with Gasteiger partial charge in [-0.2, -0.15) is 0 Å². The largest absolute Gasteiger partial charge is 0.496 e. The second-order valence-electron chi connectivity index (χ2n) is 4.26. The minimum Gasteiger partial charge on any atom is -0.496 e. The topological polar surface area (TPSA) is 72.5 Å². The van der Waals surface area contributed by atoms with Gasteiger partial charge in [0.15, 0.2) is 0 Å². The molecule has 17 heavy (non-hydrogen) atoms. The predicted molar refractivity (Wildman–Crippen MR) is 59.0 cm³/mol. The van der Waals surface area contributed by atoms with Crippen molar-refractivity contribution in [2.45, 2.75) is 11.8 Å². The van der Waals surface area contributed by atoms with Crippen LogP contribution in [-0.4, -0.2) is 24.7 Å². The number of hydrogen-bond donors (Lipinski definition) is 2. The van der Waals surface area contributed by atoms with Gasteiger partial charge in [-0.3, -0.25) is 4.79 Å². The molecule has 2 rings (SSSR count). The third kappa shape index (κ3) is 1.67. The Labute approximate surface area is 98.2 Å². The molecule has 4 nitrogen and oxygen atoms in total. The zero-order valence-corrected chi connectivity index (χ0v) is 9.44. The summed E-state index contributed by atoms with van der Waals surface area (Å²) in [6.07, 6.45) is 0.429. The molecule has 2 unspecified atom stereocenters. The Bertz CT molecular complexity index is 463. The molecule has 1 aliphatic rings. The first kappa shape index (κ1) is 11.9. The van der Waals surface area contributed by atoms with Crippen LogP contribution in [0.1, 0.15) is 12.0 Å². The standard InChI is InChI=1S/C12H14FNO3/c1-17-10-3-2-8(13)4-9(10)12(11(14)16)5-7(12)6-15/h2-4,7,15H,5-6H2,1H3,(H2,14,16). The number of nitrogens with two attached hydrogens (primary N) is 1. The summed E-state index contributed by atoms with van der Waals surface area (Å²) in [6, 6.07) is 3.97. The highest BCUT2D eigenvalue weighted by molar-refractivity contribution is 5.91. The number of halogens is 1. The van der Waals surface area contributed by atoms with E-state index >= 15 is 0 Å². The molecule has 1 amide bonds. The number of carbonyl (C=O) groups excluding carboxylic acids is 1. The van der Waals surface area contributed by atoms with Crippen molar-refractivity contribution >= 4 is 5.91 Å². The quantitative estimate of drug-likeness (QED) is 0.806. The molecule has 0 heterocycles. The SMILES string of the molecule is COc1ccc(F)cc1C1(C(N)=O)CC1CO. The fourth-order valence-electron chi connectivity index (χ4n) is 2.34. The Morgan fingerprint density at radius 1 is 1.71 bits per heavy atom. The summed E-state index contributed by atoms with van der Waals surface area (Å²) in [5, 5.41) is 9.14. The van der Waals surface area contributed by atoms with Crippen molar-refractivity contribution < 1.29 is 19.0 Å². The fourth-order valence-corrected chi connectivity index (χ4v) is 2.34. The number of hydrogen-bond acceptors (Lipinski definition) is 3. The van der Waals surface area contributed by atoms with E-state index in [0.717, 1.165) is 0 Å². The Morgan fingerprint density at radius 2 is 2.41 bits per heavy atom. The van der Waals surface area contributed by atoms with Crippen molar-refractivity contribution in [1.29, 1.82) is 0 Å². The molecule has 3 N–H and O–H groups in total. The van der Waals surface area contributed by atoms with Crippen LogP contribution >= 0.6 is 0 Å². The Morgan fingerprint density at radius 3 is 2.88 bits per heavy atom. The second-order valence-corrected chi connectivity index (χ2v) is 4.26. The second kappa shape index (κ2) is 4.00. The molecule has 0 bridgehead atoms. The maximum Gasteiger partial charge on any atom is 0.228 e. The number of rotatable bonds is 4. The normalized spacial score (nSPS) is 26.6. The molecule has 1 aliphatic carbocycles. The number of aliphatic hydroxyl groups excluding tert-OH is 1. The molecule has 1 aromatic rings. The molecule has 1 aromatic carbocycles. The van der Waals surface area contributed by atoms with E-state index in [0.29, 0.717) is 17.7 Å². The van der Waals surface area contributed by atoms with Crippen molar-refractivity contribution in [1.82, 2.24) is 0 Å². The summed E-state index contributed by atoms with van der Waals surface area (Å²) in [7, 11) is 1.45. The van der Waals surface area contributed by atoms with Crippen LogP contribution in [0.5, 0.6) is 5.75 Å². The van der Waals surface area contributed by atoms with Crippen molar-refractivity contribution in [3.63, 3.8) is 0 Å². The van der Waals surface area contributed by atoms with Crippen LogP contribution in [0.2, 0.25) is 0 Å². The van der Waals surface area contributed by atoms with Crippen LogP contribution in [-0.2, 0) is 10.2 Å². The lowest BCUT2D eigenvalue weighted by atomic mass is 9.91. The third-order valence-corrected chi connectivity index (χ3v) is 3.41. The Hall–Kier alpha value is -1.62. The average molecular weight is 239 g/mol. The first-order valence-corrected chi connectivity index (χ1v) is 5.31. The lowest BCUT2D eigenvalue weighted by molar-refractivity contribution is -0.121. The van der Waals surface area contributed by atoms with Gasteiger partial charge in [-0.05, 0) is 24.6 Å². The molecule has 0 spiro atoms. The number of ether oxygens (including phenoxy) is 1. The first-order valence-electron chi connectivity index (χ1n) is 5.31. The van der Waals surface area contributed by atoms with Gasteiger partial charge < -0.3 is 15.6 Å². The average Bonchev–Trinajstić information content (AvgIpc) is 3.04. The van der Waals surface area contributed by atoms with Crippen molar-refractivity contribution in [3.8, 4) is 5.75 Å². The maximum absolute atomic E-state index is 13.3. The van der Waals surface area contributed by atoms with E-state index in [9.17, 15) is 9.18 Å². The summed E-state index contributed by atoms with van der Waals surface area (Å²) in [6.45, 7) is -0.150. The lowest BCUT2D eigenvalue weighted by Crippen LogP contribution is -2.31. The van der Waals surface area contributed by atoms with Crippen LogP contribution < -0.4 is 10.5 Å². The van der Waals surface area contributed by atoms with Gasteiger partial charge in [-0.1, -0.05) is 0 Å². The van der Waals surface area contributed by atoms with Gasteiger partial charge >= 0.3 is 0 Å².